The molecule has 48 valence electrons. The molecular formula is C3H3N3O3. The van der Waals surface area contributed by atoms with Gasteiger partial charge in [-0.25, -0.2) is 0 Å². The molecule has 3 N–H and O–H groups in total. The van der Waals surface area contributed by atoms with Crippen molar-refractivity contribution in [3.63, 3.8) is 0 Å². The highest BCUT2D eigenvalue weighted by Gasteiger charge is 2.16. The Hall–Kier alpha value is -1.68. The van der Waals surface area contributed by atoms with Crippen LogP contribution in [0.3, 0.4) is 0 Å². The lowest BCUT2D eigenvalue weighted by atomic mass is 10.5. The van der Waals surface area contributed by atoms with Crippen LogP contribution in [0.15, 0.2) is 5.70 Å². The predicted octanol–water partition coefficient (Wildman–Crippen LogP) is -1.12. The van der Waals surface area contributed by atoms with Crippen molar-refractivity contribution in [2.45, 2.75) is 0 Å². The molecule has 0 atom stereocenters. The molecule has 0 unspecified atom stereocenters. The predicted molar refractivity (Wildman–Crippen MR) is 27.4 cm³/mol. The van der Waals surface area contributed by atoms with Crippen LogP contribution in [0.2, 0.25) is 0 Å². The highest BCUT2D eigenvalue weighted by atomic mass is 16.6. The van der Waals surface area contributed by atoms with Crippen LogP contribution in [0.5, 0.6) is 0 Å². The van der Waals surface area contributed by atoms with E-state index in [1.54, 1.807) is 0 Å². The van der Waals surface area contributed by atoms with E-state index in [9.17, 15) is 14.9 Å². The fourth-order valence-corrected chi connectivity index (χ4v) is 0.197. The minimum absolute atomic E-state index is 1.03. The summed E-state index contributed by atoms with van der Waals surface area (Å²) in [5, 5.41) is 15.8. The molecule has 0 spiro atoms. The molecule has 0 aromatic rings. The molecule has 0 aromatic heterocycles. The van der Waals surface area contributed by atoms with Crippen molar-refractivity contribution < 1.29 is 9.72 Å². The summed E-state index contributed by atoms with van der Waals surface area (Å²) in [5.74, 6) is 0.0394. The van der Waals surface area contributed by atoms with E-state index < -0.39 is 16.5 Å². The number of amides is 1. The Morgan fingerprint density at radius 2 is 2.22 bits per heavy atom. The van der Waals surface area contributed by atoms with Gasteiger partial charge in [0.05, 0.1) is 10.8 Å². The number of hydrogen-bond donors (Lipinski definition) is 2. The molecule has 6 nitrogen and oxygen atoms in total. The first-order valence-corrected chi connectivity index (χ1v) is 1.83. The maximum Gasteiger partial charge on any atom is 0.393 e. The Bertz CT molecular complexity index is 186. The average Bonchev–Trinajstić information content (AvgIpc) is 1.64. The second-order valence-electron chi connectivity index (χ2n) is 1.09. The van der Waals surface area contributed by atoms with Crippen LogP contribution in [-0.2, 0) is 4.79 Å². The molecule has 0 bridgehead atoms. The zero-order valence-electron chi connectivity index (χ0n) is 4.25. The monoisotopic (exact) mass is 129 g/mol. The summed E-state index contributed by atoms with van der Waals surface area (Å²) < 4.78 is 0. The molecule has 0 aliphatic carbocycles. The van der Waals surface area contributed by atoms with Gasteiger partial charge in [-0.2, -0.15) is 0 Å². The van der Waals surface area contributed by atoms with E-state index in [0.717, 1.165) is 0 Å². The number of nitrogens with zero attached hydrogens (tertiary/aromatic N) is 1. The van der Waals surface area contributed by atoms with Gasteiger partial charge in [-0.05, 0) is 0 Å². The van der Waals surface area contributed by atoms with Gasteiger partial charge in [-0.1, -0.05) is 0 Å². The summed E-state index contributed by atoms with van der Waals surface area (Å²) in [6.45, 7) is 0. The smallest absolute Gasteiger partial charge is 0.360 e. The lowest BCUT2D eigenvalue weighted by Gasteiger charge is -1.83. The zero-order chi connectivity index (χ0) is 7.44. The lowest BCUT2D eigenvalue weighted by molar-refractivity contribution is -0.416. The topological polar surface area (TPSA) is 110 Å². The zero-order valence-corrected chi connectivity index (χ0v) is 4.25. The molecule has 0 saturated heterocycles. The number of carbonyl (C=O) groups excluding carboxylic acids is 1. The van der Waals surface area contributed by atoms with Crippen molar-refractivity contribution in [3.05, 3.63) is 15.8 Å². The Balaban J connectivity index is 4.59. The fraction of sp³-hybridized carbons (Fsp3) is 0. The normalized spacial score (nSPS) is 7.56. The van der Waals surface area contributed by atoms with Crippen molar-refractivity contribution >= 4 is 11.8 Å². The number of nitrogens with two attached hydrogens (primary N) is 1. The van der Waals surface area contributed by atoms with Gasteiger partial charge in [-0.15, -0.1) is 0 Å². The van der Waals surface area contributed by atoms with Crippen LogP contribution >= 0.6 is 0 Å². The molecular weight excluding hydrogens is 126 g/mol. The standard InChI is InChI=1S/C3H3N3O3/c4-1-2(3(5)7)6(8)9/h4H,(H2,5,7). The van der Waals surface area contributed by atoms with Gasteiger partial charge in [0.1, 0.15) is 0 Å². The Morgan fingerprint density at radius 3 is 2.22 bits per heavy atom. The van der Waals surface area contributed by atoms with Crippen molar-refractivity contribution in [2.24, 2.45) is 5.73 Å². The molecule has 0 aliphatic heterocycles. The van der Waals surface area contributed by atoms with Crippen molar-refractivity contribution in [1.82, 2.24) is 0 Å². The fourth-order valence-electron chi connectivity index (χ4n) is 0.197. The Morgan fingerprint density at radius 1 is 1.78 bits per heavy atom. The van der Waals surface area contributed by atoms with Gasteiger partial charge in [0.2, 0.25) is 0 Å². The van der Waals surface area contributed by atoms with E-state index in [1.807, 2.05) is 0 Å². The SMILES string of the molecule is N=C=C(C(N)=O)[N+](=O)[O-]. The van der Waals surface area contributed by atoms with Crippen molar-refractivity contribution in [1.29, 1.82) is 5.41 Å². The maximum absolute atomic E-state index is 9.93. The van der Waals surface area contributed by atoms with Gasteiger partial charge in [-0.3, -0.25) is 20.3 Å². The third-order valence-electron chi connectivity index (χ3n) is 0.534. The van der Waals surface area contributed by atoms with Gasteiger partial charge in [0, 0.05) is 0 Å². The number of nitrogens with one attached hydrogen (secondary N) is 1. The quantitative estimate of drug-likeness (QED) is 0.213. The molecule has 0 rings (SSSR count). The number of primary amides is 1. The first-order chi connectivity index (χ1) is 4.09. The summed E-state index contributed by atoms with van der Waals surface area (Å²) in [6.07, 6.45) is 0. The van der Waals surface area contributed by atoms with Gasteiger partial charge in [0.25, 0.3) is 0 Å². The molecule has 6 heteroatoms. The third-order valence-corrected chi connectivity index (χ3v) is 0.534. The Labute approximate surface area is 49.6 Å². The first kappa shape index (κ1) is 7.32. The summed E-state index contributed by atoms with van der Waals surface area (Å²) >= 11 is 0. The average molecular weight is 129 g/mol. The minimum atomic E-state index is -1.25. The second-order valence-corrected chi connectivity index (χ2v) is 1.09. The summed E-state index contributed by atoms with van der Waals surface area (Å²) in [6, 6.07) is 0. The molecule has 0 saturated carbocycles. The summed E-state index contributed by atoms with van der Waals surface area (Å²) in [4.78, 5) is 18.5. The minimum Gasteiger partial charge on any atom is -0.360 e. The second kappa shape index (κ2) is 2.58. The van der Waals surface area contributed by atoms with E-state index in [1.165, 1.54) is 5.87 Å². The van der Waals surface area contributed by atoms with Crippen LogP contribution < -0.4 is 5.73 Å². The van der Waals surface area contributed by atoms with E-state index in [4.69, 9.17) is 5.41 Å². The third kappa shape index (κ3) is 1.70. The van der Waals surface area contributed by atoms with Crippen molar-refractivity contribution in [3.8, 4) is 0 Å². The van der Waals surface area contributed by atoms with E-state index in [2.05, 4.69) is 5.73 Å². The molecule has 0 fully saturated rings. The molecule has 0 heterocycles. The van der Waals surface area contributed by atoms with Crippen LogP contribution in [0.4, 0.5) is 0 Å². The number of carbonyl (C=O) groups is 1. The van der Waals surface area contributed by atoms with Gasteiger partial charge >= 0.3 is 11.6 Å². The molecule has 1 amide bonds. The van der Waals surface area contributed by atoms with Crippen LogP contribution in [0, 0.1) is 15.5 Å². The molecule has 9 heavy (non-hydrogen) atoms. The first-order valence-electron chi connectivity index (χ1n) is 1.83. The van der Waals surface area contributed by atoms with Gasteiger partial charge in [0.15, 0.2) is 0 Å². The highest BCUT2D eigenvalue weighted by molar-refractivity contribution is 5.97. The highest BCUT2D eigenvalue weighted by Crippen LogP contribution is 1.84. The van der Waals surface area contributed by atoms with E-state index in [-0.39, 0.29) is 0 Å². The van der Waals surface area contributed by atoms with E-state index >= 15 is 0 Å². The summed E-state index contributed by atoms with van der Waals surface area (Å²) in [7, 11) is 0. The molecule has 0 radical (unpaired) electrons. The van der Waals surface area contributed by atoms with E-state index in [0.29, 0.717) is 0 Å². The molecule has 0 aliphatic rings. The van der Waals surface area contributed by atoms with Crippen LogP contribution in [-0.4, -0.2) is 16.7 Å². The number of rotatable bonds is 2. The van der Waals surface area contributed by atoms with Crippen LogP contribution in [0.25, 0.3) is 0 Å². The Kier molecular flexibility index (Phi) is 2.10. The van der Waals surface area contributed by atoms with Crippen LogP contribution in [0.1, 0.15) is 0 Å². The maximum atomic E-state index is 9.93. The largest absolute Gasteiger partial charge is 0.393 e. The number of hydrogen-bond acceptors (Lipinski definition) is 4. The summed E-state index contributed by atoms with van der Waals surface area (Å²) in [5.41, 5.74) is 3.42. The van der Waals surface area contributed by atoms with Crippen molar-refractivity contribution in [2.75, 3.05) is 0 Å². The lowest BCUT2D eigenvalue weighted by Crippen LogP contribution is -2.20. The number of nitro groups is 1. The van der Waals surface area contributed by atoms with Gasteiger partial charge < -0.3 is 5.73 Å². The molecule has 0 aromatic carbocycles.